The van der Waals surface area contributed by atoms with Gasteiger partial charge >= 0.3 is 0 Å². The summed E-state index contributed by atoms with van der Waals surface area (Å²) in [5.41, 5.74) is 1.61. The van der Waals surface area contributed by atoms with Gasteiger partial charge in [0, 0.05) is 5.02 Å². The molecule has 1 amide bonds. The maximum absolute atomic E-state index is 12.1. The largest absolute Gasteiger partial charge is 0.495 e. The SMILES string of the molecule is COc1ccc(Cl)cc1Nc1ccc(NC(=O)Cc2ccccc2)nn1. The van der Waals surface area contributed by atoms with Crippen LogP contribution < -0.4 is 15.4 Å². The molecular weight excluding hydrogens is 352 g/mol. The Labute approximate surface area is 156 Å². The Hall–Kier alpha value is -3.12. The second-order valence-electron chi connectivity index (χ2n) is 5.48. The predicted octanol–water partition coefficient (Wildman–Crippen LogP) is 4.06. The summed E-state index contributed by atoms with van der Waals surface area (Å²) in [5.74, 6) is 1.38. The summed E-state index contributed by atoms with van der Waals surface area (Å²) >= 11 is 6.01. The molecule has 3 aromatic rings. The number of carbonyl (C=O) groups excluding carboxylic acids is 1. The van der Waals surface area contributed by atoms with Gasteiger partial charge in [0.15, 0.2) is 11.6 Å². The van der Waals surface area contributed by atoms with Crippen molar-refractivity contribution in [3.63, 3.8) is 0 Å². The Morgan fingerprint density at radius 2 is 1.77 bits per heavy atom. The third kappa shape index (κ3) is 4.70. The van der Waals surface area contributed by atoms with Gasteiger partial charge in [-0.25, -0.2) is 0 Å². The van der Waals surface area contributed by atoms with Crippen molar-refractivity contribution in [2.24, 2.45) is 0 Å². The van der Waals surface area contributed by atoms with E-state index >= 15 is 0 Å². The van der Waals surface area contributed by atoms with Crippen LogP contribution in [0.2, 0.25) is 5.02 Å². The molecule has 1 aromatic heterocycles. The van der Waals surface area contributed by atoms with E-state index in [-0.39, 0.29) is 12.3 Å². The third-order valence-corrected chi connectivity index (χ3v) is 3.80. The standard InChI is InChI=1S/C19H17ClN4O2/c1-26-16-8-7-14(20)12-15(16)21-17-9-10-18(24-23-17)22-19(25)11-13-5-3-2-4-6-13/h2-10,12H,11H2,1H3,(H,21,23)(H,22,24,25). The van der Waals surface area contributed by atoms with E-state index in [4.69, 9.17) is 16.3 Å². The molecule has 0 bridgehead atoms. The Bertz CT molecular complexity index is 886. The van der Waals surface area contributed by atoms with E-state index in [1.807, 2.05) is 30.3 Å². The van der Waals surface area contributed by atoms with Gasteiger partial charge in [-0.15, -0.1) is 10.2 Å². The van der Waals surface area contributed by atoms with Crippen LogP contribution in [0.1, 0.15) is 5.56 Å². The molecular formula is C19H17ClN4O2. The van der Waals surface area contributed by atoms with Crippen LogP contribution in [0.15, 0.2) is 60.7 Å². The number of amides is 1. The van der Waals surface area contributed by atoms with Gasteiger partial charge < -0.3 is 15.4 Å². The normalized spacial score (nSPS) is 10.2. The molecule has 132 valence electrons. The van der Waals surface area contributed by atoms with Crippen LogP contribution in [0.3, 0.4) is 0 Å². The number of benzene rings is 2. The summed E-state index contributed by atoms with van der Waals surface area (Å²) in [5, 5.41) is 14.5. The average molecular weight is 369 g/mol. The first-order valence-electron chi connectivity index (χ1n) is 7.92. The number of aromatic nitrogens is 2. The van der Waals surface area contributed by atoms with E-state index in [9.17, 15) is 4.79 Å². The highest BCUT2D eigenvalue weighted by Gasteiger charge is 2.08. The fourth-order valence-corrected chi connectivity index (χ4v) is 2.52. The Balaban J connectivity index is 1.63. The fraction of sp³-hybridized carbons (Fsp3) is 0.105. The van der Waals surface area contributed by atoms with Crippen molar-refractivity contribution in [1.29, 1.82) is 0 Å². The first-order chi connectivity index (χ1) is 12.6. The minimum atomic E-state index is -0.150. The van der Waals surface area contributed by atoms with Gasteiger partial charge in [0.1, 0.15) is 5.75 Å². The number of methoxy groups -OCH3 is 1. The van der Waals surface area contributed by atoms with Crippen LogP contribution in [0.4, 0.5) is 17.3 Å². The van der Waals surface area contributed by atoms with E-state index in [1.165, 1.54) is 0 Å². The number of hydrogen-bond acceptors (Lipinski definition) is 5. The zero-order chi connectivity index (χ0) is 18.4. The van der Waals surface area contributed by atoms with Crippen LogP contribution >= 0.6 is 11.6 Å². The molecule has 2 N–H and O–H groups in total. The number of carbonyl (C=O) groups is 1. The van der Waals surface area contributed by atoms with Crippen molar-refractivity contribution < 1.29 is 9.53 Å². The third-order valence-electron chi connectivity index (χ3n) is 3.56. The molecule has 26 heavy (non-hydrogen) atoms. The molecule has 0 saturated carbocycles. The number of rotatable bonds is 6. The number of hydrogen-bond donors (Lipinski definition) is 2. The lowest BCUT2D eigenvalue weighted by molar-refractivity contribution is -0.115. The summed E-state index contributed by atoms with van der Waals surface area (Å²) in [6.45, 7) is 0. The molecule has 7 heteroatoms. The zero-order valence-corrected chi connectivity index (χ0v) is 14.8. The highest BCUT2D eigenvalue weighted by Crippen LogP contribution is 2.29. The second kappa shape index (κ2) is 8.31. The van der Waals surface area contributed by atoms with E-state index in [0.717, 1.165) is 5.56 Å². The van der Waals surface area contributed by atoms with E-state index in [1.54, 1.807) is 37.4 Å². The van der Waals surface area contributed by atoms with Crippen molar-refractivity contribution in [1.82, 2.24) is 10.2 Å². The molecule has 3 rings (SSSR count). The molecule has 0 unspecified atom stereocenters. The van der Waals surface area contributed by atoms with Crippen LogP contribution in [0.25, 0.3) is 0 Å². The van der Waals surface area contributed by atoms with Crippen LogP contribution in [-0.4, -0.2) is 23.2 Å². The van der Waals surface area contributed by atoms with Crippen LogP contribution in [-0.2, 0) is 11.2 Å². The molecule has 1 heterocycles. The highest BCUT2D eigenvalue weighted by atomic mass is 35.5. The maximum Gasteiger partial charge on any atom is 0.229 e. The molecule has 2 aromatic carbocycles. The van der Waals surface area contributed by atoms with Gasteiger partial charge in [0.25, 0.3) is 0 Å². The lowest BCUT2D eigenvalue weighted by Gasteiger charge is -2.11. The van der Waals surface area contributed by atoms with Crippen LogP contribution in [0, 0.1) is 0 Å². The number of ether oxygens (including phenoxy) is 1. The molecule has 0 aliphatic rings. The first kappa shape index (κ1) is 17.7. The highest BCUT2D eigenvalue weighted by molar-refractivity contribution is 6.31. The van der Waals surface area contributed by atoms with Gasteiger partial charge in [-0.05, 0) is 35.9 Å². The van der Waals surface area contributed by atoms with Gasteiger partial charge in [-0.2, -0.15) is 0 Å². The summed E-state index contributed by atoms with van der Waals surface area (Å²) < 4.78 is 5.28. The van der Waals surface area contributed by atoms with Gasteiger partial charge in [-0.1, -0.05) is 41.9 Å². The van der Waals surface area contributed by atoms with Gasteiger partial charge in [0.2, 0.25) is 5.91 Å². The Kier molecular flexibility index (Phi) is 5.66. The Morgan fingerprint density at radius 3 is 2.46 bits per heavy atom. The molecule has 0 aliphatic carbocycles. The van der Waals surface area contributed by atoms with E-state index < -0.39 is 0 Å². The first-order valence-corrected chi connectivity index (χ1v) is 8.30. The lowest BCUT2D eigenvalue weighted by Crippen LogP contribution is -2.15. The van der Waals surface area contributed by atoms with Crippen molar-refractivity contribution >= 4 is 34.8 Å². The van der Waals surface area contributed by atoms with E-state index in [0.29, 0.717) is 28.1 Å². The number of nitrogens with zero attached hydrogens (tertiary/aromatic N) is 2. The quantitative estimate of drug-likeness (QED) is 0.686. The molecule has 0 radical (unpaired) electrons. The minimum Gasteiger partial charge on any atom is -0.495 e. The summed E-state index contributed by atoms with van der Waals surface area (Å²) in [6.07, 6.45) is 0.280. The van der Waals surface area contributed by atoms with Crippen molar-refractivity contribution in [2.75, 3.05) is 17.7 Å². The fourth-order valence-electron chi connectivity index (χ4n) is 2.35. The van der Waals surface area contributed by atoms with Gasteiger partial charge in [0.05, 0.1) is 19.2 Å². The maximum atomic E-state index is 12.1. The topological polar surface area (TPSA) is 76.1 Å². The number of anilines is 3. The molecule has 6 nitrogen and oxygen atoms in total. The summed E-state index contributed by atoms with van der Waals surface area (Å²) in [4.78, 5) is 12.1. The van der Waals surface area contributed by atoms with Crippen molar-refractivity contribution in [3.05, 3.63) is 71.2 Å². The van der Waals surface area contributed by atoms with Crippen molar-refractivity contribution in [3.8, 4) is 5.75 Å². The number of halogens is 1. The van der Waals surface area contributed by atoms with E-state index in [2.05, 4.69) is 20.8 Å². The summed E-state index contributed by atoms with van der Waals surface area (Å²) in [6, 6.07) is 18.1. The second-order valence-corrected chi connectivity index (χ2v) is 5.92. The molecule has 0 fully saturated rings. The predicted molar refractivity (Wildman–Crippen MR) is 102 cm³/mol. The zero-order valence-electron chi connectivity index (χ0n) is 14.1. The number of nitrogens with one attached hydrogen (secondary N) is 2. The minimum absolute atomic E-state index is 0.150. The average Bonchev–Trinajstić information content (AvgIpc) is 2.64. The van der Waals surface area contributed by atoms with Gasteiger partial charge in [-0.3, -0.25) is 4.79 Å². The lowest BCUT2D eigenvalue weighted by atomic mass is 10.1. The molecule has 0 spiro atoms. The summed E-state index contributed by atoms with van der Waals surface area (Å²) in [7, 11) is 1.57. The Morgan fingerprint density at radius 1 is 1.04 bits per heavy atom. The van der Waals surface area contributed by atoms with Crippen LogP contribution in [0.5, 0.6) is 5.75 Å². The monoisotopic (exact) mass is 368 g/mol. The smallest absolute Gasteiger partial charge is 0.229 e. The molecule has 0 atom stereocenters. The van der Waals surface area contributed by atoms with Crippen molar-refractivity contribution in [2.45, 2.75) is 6.42 Å². The molecule has 0 saturated heterocycles. The molecule has 0 aliphatic heterocycles.